The lowest BCUT2D eigenvalue weighted by atomic mass is 9.72. The van der Waals surface area contributed by atoms with Gasteiger partial charge >= 0.3 is 0 Å². The maximum absolute atomic E-state index is 16.0. The van der Waals surface area contributed by atoms with Crippen LogP contribution in [0.2, 0.25) is 5.02 Å². The molecule has 4 amide bonds. The monoisotopic (exact) mass is 1040 g/mol. The zero-order valence-electron chi connectivity index (χ0n) is 41.5. The molecule has 19 nitrogen and oxygen atoms in total. The zero-order valence-corrected chi connectivity index (χ0v) is 43.2. The van der Waals surface area contributed by atoms with Crippen molar-refractivity contribution in [1.29, 1.82) is 0 Å². The van der Waals surface area contributed by atoms with Crippen LogP contribution in [0, 0.1) is 11.2 Å². The topological polar surface area (TPSA) is 213 Å². The SMILES string of the molecule is COc1cc(N2CCC(N3CCC4(CCCN(c5cc6c(cc5F)C(=O)N(C5CCC(=O)NC5=O)C6=O)C4)CC3)CC2)c(-c2cnn(C)c2)cc1Nc1ncc(Cl)c(Nc2ccc3nccnc3c2P(C)(C)=O)n1. The molecule has 0 radical (unpaired) electrons. The van der Waals surface area contributed by atoms with Crippen molar-refractivity contribution in [3.05, 3.63) is 89.3 Å². The molecule has 4 saturated heterocycles. The summed E-state index contributed by atoms with van der Waals surface area (Å²) in [6.45, 7) is 8.15. The number of amides is 4. The number of likely N-dealkylation sites (tertiary alicyclic amines) is 1. The molecule has 3 aromatic heterocycles. The zero-order chi connectivity index (χ0) is 51.6. The van der Waals surface area contributed by atoms with Crippen LogP contribution in [-0.4, -0.2) is 135 Å². The Morgan fingerprint density at radius 3 is 2.31 bits per heavy atom. The largest absolute Gasteiger partial charge is 0.494 e. The summed E-state index contributed by atoms with van der Waals surface area (Å²) in [6.07, 6.45) is 14.3. The number of benzene rings is 3. The van der Waals surface area contributed by atoms with Crippen LogP contribution in [0.3, 0.4) is 0 Å². The number of nitrogens with zero attached hydrogens (tertiary/aromatic N) is 10. The van der Waals surface area contributed by atoms with Crippen molar-refractivity contribution < 1.29 is 32.9 Å². The Bertz CT molecular complexity index is 3320. The normalized spacial score (nSPS) is 19.6. The van der Waals surface area contributed by atoms with Crippen molar-refractivity contribution in [3.63, 3.8) is 0 Å². The third-order valence-corrected chi connectivity index (χ3v) is 17.2. The van der Waals surface area contributed by atoms with Crippen molar-refractivity contribution >= 4 is 93.2 Å². The number of fused-ring (bicyclic) bond motifs is 2. The Morgan fingerprint density at radius 2 is 1.59 bits per heavy atom. The lowest BCUT2D eigenvalue weighted by Gasteiger charge is -2.50. The highest BCUT2D eigenvalue weighted by molar-refractivity contribution is 7.71. The number of rotatable bonds is 11. The lowest BCUT2D eigenvalue weighted by molar-refractivity contribution is -0.136. The van der Waals surface area contributed by atoms with E-state index in [1.165, 1.54) is 12.3 Å². The van der Waals surface area contributed by atoms with E-state index in [0.29, 0.717) is 64.1 Å². The summed E-state index contributed by atoms with van der Waals surface area (Å²) >= 11 is 6.68. The number of anilines is 6. The van der Waals surface area contributed by atoms with Crippen LogP contribution in [0.15, 0.2) is 67.4 Å². The number of methoxy groups -OCH3 is 1. The molecule has 384 valence electrons. The second kappa shape index (κ2) is 19.4. The summed E-state index contributed by atoms with van der Waals surface area (Å²) in [5.74, 6) is -1.92. The molecule has 74 heavy (non-hydrogen) atoms. The summed E-state index contributed by atoms with van der Waals surface area (Å²) in [7, 11) is 0.665. The highest BCUT2D eigenvalue weighted by Gasteiger charge is 2.46. The highest BCUT2D eigenvalue weighted by atomic mass is 35.5. The molecule has 0 saturated carbocycles. The maximum atomic E-state index is 16.0. The van der Waals surface area contributed by atoms with Gasteiger partial charge in [0.05, 0.1) is 58.5 Å². The summed E-state index contributed by atoms with van der Waals surface area (Å²) in [4.78, 5) is 77.5. The van der Waals surface area contributed by atoms with Crippen LogP contribution < -0.4 is 35.8 Å². The first-order chi connectivity index (χ1) is 35.6. The van der Waals surface area contributed by atoms with Crippen molar-refractivity contribution in [1.82, 2.24) is 44.8 Å². The molecular weight excluding hydrogens is 988 g/mol. The van der Waals surface area contributed by atoms with Gasteiger partial charge in [-0.15, -0.1) is 0 Å². The van der Waals surface area contributed by atoms with Gasteiger partial charge in [-0.3, -0.25) is 44.0 Å². The molecule has 22 heteroatoms. The van der Waals surface area contributed by atoms with Crippen molar-refractivity contribution in [2.24, 2.45) is 12.5 Å². The van der Waals surface area contributed by atoms with E-state index in [-0.39, 0.29) is 40.4 Å². The van der Waals surface area contributed by atoms with E-state index in [4.69, 9.17) is 21.3 Å². The quantitative estimate of drug-likeness (QED) is 0.0871. The van der Waals surface area contributed by atoms with E-state index in [2.05, 4.69) is 45.8 Å². The molecule has 1 atom stereocenters. The third-order valence-electron chi connectivity index (χ3n) is 15.4. The number of halogens is 2. The van der Waals surface area contributed by atoms with Gasteiger partial charge in [0, 0.05) is 87.2 Å². The molecular formula is C52H56ClFN13O6P. The van der Waals surface area contributed by atoms with Gasteiger partial charge in [-0.1, -0.05) is 11.6 Å². The fourth-order valence-electron chi connectivity index (χ4n) is 11.7. The lowest BCUT2D eigenvalue weighted by Crippen LogP contribution is -2.54. The Morgan fingerprint density at radius 1 is 0.838 bits per heavy atom. The number of aryl methyl sites for hydroxylation is 1. The van der Waals surface area contributed by atoms with Gasteiger partial charge in [0.25, 0.3) is 11.8 Å². The van der Waals surface area contributed by atoms with Gasteiger partial charge in [0.15, 0.2) is 5.82 Å². The smallest absolute Gasteiger partial charge is 0.262 e. The predicted molar refractivity (Wildman–Crippen MR) is 280 cm³/mol. The Balaban J connectivity index is 0.764. The molecule has 5 aliphatic heterocycles. The number of carbonyl (C=O) groups is 4. The minimum Gasteiger partial charge on any atom is -0.494 e. The Hall–Kier alpha value is -7.02. The van der Waals surface area contributed by atoms with Crippen molar-refractivity contribution in [3.8, 4) is 16.9 Å². The Kier molecular flexibility index (Phi) is 12.9. The molecule has 4 fully saturated rings. The number of ether oxygens (including phenoxy) is 1. The standard InChI is InChI=1S/C52H56ClFN13O6P/c1-63-28-30(26-58-63)32-23-39(60-51-57-27-35(53)47(62-51)59-38-7-6-37-45(56-16-15-55-37)46(38)74(3,4)72)43(73-2)25-41(32)65-18-10-31(11-19-65)64-20-13-52(14-21-64)12-5-17-66(29-52)42-24-34-33(22-36(42)54)49(70)67(50(34)71)40-8-9-44(68)61-48(40)69/h6-7,15-16,22-28,31,40H,5,8-14,17-21,29H2,1-4H3,(H,61,68,69)(H2,57,59,60,62). The molecule has 8 heterocycles. The molecule has 1 unspecified atom stereocenters. The molecule has 6 aromatic rings. The van der Waals surface area contributed by atoms with Gasteiger partial charge < -0.3 is 34.6 Å². The van der Waals surface area contributed by atoms with Gasteiger partial charge in [0.1, 0.15) is 35.3 Å². The minimum absolute atomic E-state index is 0.0106. The number of hydrogen-bond donors (Lipinski definition) is 3. The molecule has 1 spiro atoms. The second-order valence-electron chi connectivity index (χ2n) is 20.4. The van der Waals surface area contributed by atoms with E-state index in [1.54, 1.807) is 43.6 Å². The predicted octanol–water partition coefficient (Wildman–Crippen LogP) is 7.11. The van der Waals surface area contributed by atoms with Crippen LogP contribution >= 0.6 is 18.7 Å². The summed E-state index contributed by atoms with van der Waals surface area (Å²) in [5.41, 5.74) is 5.57. The first kappa shape index (κ1) is 49.2. The molecule has 0 bridgehead atoms. The molecule has 3 N–H and O–H groups in total. The molecule has 0 aliphatic carbocycles. The van der Waals surface area contributed by atoms with Crippen molar-refractivity contribution in [2.45, 2.75) is 63.5 Å². The van der Waals surface area contributed by atoms with Gasteiger partial charge in [-0.25, -0.2) is 9.37 Å². The van der Waals surface area contributed by atoms with E-state index >= 15 is 4.39 Å². The average Bonchev–Trinajstić information content (AvgIpc) is 3.93. The van der Waals surface area contributed by atoms with Crippen LogP contribution in [0.4, 0.5) is 38.9 Å². The number of carbonyl (C=O) groups excluding carboxylic acids is 4. The van der Waals surface area contributed by atoms with Crippen LogP contribution in [-0.2, 0) is 21.2 Å². The number of piperidine rings is 4. The van der Waals surface area contributed by atoms with E-state index < -0.39 is 42.6 Å². The highest BCUT2D eigenvalue weighted by Crippen LogP contribution is 2.46. The van der Waals surface area contributed by atoms with Crippen LogP contribution in [0.25, 0.3) is 22.2 Å². The number of hydrogen-bond acceptors (Lipinski definition) is 16. The average molecular weight is 1040 g/mol. The Labute approximate surface area is 431 Å². The third kappa shape index (κ3) is 9.21. The van der Waals surface area contributed by atoms with Crippen LogP contribution in [0.5, 0.6) is 5.75 Å². The van der Waals surface area contributed by atoms with Crippen LogP contribution in [0.1, 0.15) is 72.1 Å². The summed E-state index contributed by atoms with van der Waals surface area (Å²) in [5, 5.41) is 14.2. The fourth-order valence-corrected chi connectivity index (χ4v) is 13.2. The molecule has 5 aliphatic rings. The maximum Gasteiger partial charge on any atom is 0.262 e. The molecule has 11 rings (SSSR count). The van der Waals surface area contributed by atoms with E-state index in [0.717, 1.165) is 92.5 Å². The first-order valence-corrected chi connectivity index (χ1v) is 27.9. The van der Waals surface area contributed by atoms with Gasteiger partial charge in [-0.2, -0.15) is 10.1 Å². The number of nitrogens with one attached hydrogen (secondary N) is 3. The van der Waals surface area contributed by atoms with Gasteiger partial charge in [0.2, 0.25) is 17.8 Å². The first-order valence-electron chi connectivity index (χ1n) is 24.9. The number of imide groups is 2. The van der Waals surface area contributed by atoms with E-state index in [1.807, 2.05) is 42.5 Å². The van der Waals surface area contributed by atoms with Crippen molar-refractivity contribution in [2.75, 3.05) is 80.1 Å². The van der Waals surface area contributed by atoms with E-state index in [9.17, 15) is 23.7 Å². The minimum atomic E-state index is -2.86. The molecule has 3 aromatic carbocycles. The number of aromatic nitrogens is 6. The summed E-state index contributed by atoms with van der Waals surface area (Å²) in [6, 6.07) is 9.60. The fraction of sp³-hybridized carbons (Fsp3) is 0.404. The van der Waals surface area contributed by atoms with Gasteiger partial charge in [-0.05, 0) is 107 Å². The second-order valence-corrected chi connectivity index (χ2v) is 24.0. The summed E-state index contributed by atoms with van der Waals surface area (Å²) < 4.78 is 37.4.